The number of rotatable bonds is 5. The lowest BCUT2D eigenvalue weighted by molar-refractivity contribution is -0.130. The van der Waals surface area contributed by atoms with Gasteiger partial charge in [-0.3, -0.25) is 4.79 Å². The molecule has 1 fully saturated rings. The van der Waals surface area contributed by atoms with Crippen LogP contribution in [0.3, 0.4) is 0 Å². The summed E-state index contributed by atoms with van der Waals surface area (Å²) < 4.78 is 1.82. The third-order valence-corrected chi connectivity index (χ3v) is 6.86. The molecule has 1 saturated heterocycles. The van der Waals surface area contributed by atoms with Crippen molar-refractivity contribution in [3.8, 4) is 0 Å². The van der Waals surface area contributed by atoms with Crippen molar-refractivity contribution in [3.63, 3.8) is 0 Å². The quantitative estimate of drug-likeness (QED) is 0.559. The predicted molar refractivity (Wildman–Crippen MR) is 124 cm³/mol. The summed E-state index contributed by atoms with van der Waals surface area (Å²) in [6.07, 6.45) is 2.01. The molecule has 0 spiro atoms. The average molecular weight is 438 g/mol. The van der Waals surface area contributed by atoms with Crippen LogP contribution in [0.5, 0.6) is 0 Å². The van der Waals surface area contributed by atoms with Crippen LogP contribution in [0, 0.1) is 32.6 Å². The van der Waals surface area contributed by atoms with Gasteiger partial charge in [0.05, 0.1) is 5.75 Å². The maximum absolute atomic E-state index is 12.7. The number of piperidine rings is 1. The molecule has 2 aromatic heterocycles. The van der Waals surface area contributed by atoms with E-state index in [9.17, 15) is 4.79 Å². The molecule has 31 heavy (non-hydrogen) atoms. The van der Waals surface area contributed by atoms with E-state index >= 15 is 0 Å². The Kier molecular flexibility index (Phi) is 6.32. The fourth-order valence-corrected chi connectivity index (χ4v) is 5.34. The summed E-state index contributed by atoms with van der Waals surface area (Å²) in [5.74, 6) is 2.26. The Morgan fingerprint density at radius 2 is 1.87 bits per heavy atom. The molecular weight excluding hydrogens is 406 g/mol. The van der Waals surface area contributed by atoms with E-state index in [1.807, 2.05) is 16.3 Å². The SMILES string of the molecule is Cc1cccc(Cc2c(C)nc3nc(SCC(=O)N4CC(C)CC(C)C4)nn3c2C)c1. The van der Waals surface area contributed by atoms with E-state index in [0.717, 1.165) is 30.9 Å². The van der Waals surface area contributed by atoms with Crippen molar-refractivity contribution in [2.24, 2.45) is 11.8 Å². The second-order valence-electron chi connectivity index (χ2n) is 9.07. The molecule has 0 radical (unpaired) electrons. The highest BCUT2D eigenvalue weighted by atomic mass is 32.2. The summed E-state index contributed by atoms with van der Waals surface area (Å²) >= 11 is 1.40. The zero-order valence-electron chi connectivity index (χ0n) is 19.1. The van der Waals surface area contributed by atoms with Crippen LogP contribution >= 0.6 is 11.8 Å². The highest BCUT2D eigenvalue weighted by molar-refractivity contribution is 7.99. The first-order valence-electron chi connectivity index (χ1n) is 11.0. The minimum Gasteiger partial charge on any atom is -0.341 e. The number of carbonyl (C=O) groups excluding carboxylic acids is 1. The van der Waals surface area contributed by atoms with E-state index in [0.29, 0.717) is 28.5 Å². The molecule has 0 bridgehead atoms. The van der Waals surface area contributed by atoms with Gasteiger partial charge in [-0.2, -0.15) is 4.98 Å². The Morgan fingerprint density at radius 3 is 2.58 bits per heavy atom. The molecule has 0 saturated carbocycles. The zero-order valence-corrected chi connectivity index (χ0v) is 19.9. The predicted octanol–water partition coefficient (Wildman–Crippen LogP) is 4.24. The highest BCUT2D eigenvalue weighted by Crippen LogP contribution is 2.24. The molecule has 3 heterocycles. The van der Waals surface area contributed by atoms with Crippen molar-refractivity contribution in [2.45, 2.75) is 52.6 Å². The van der Waals surface area contributed by atoms with Crippen molar-refractivity contribution in [1.82, 2.24) is 24.5 Å². The molecule has 1 amide bonds. The molecule has 7 heteroatoms. The topological polar surface area (TPSA) is 63.4 Å². The number of thioether (sulfide) groups is 1. The molecular formula is C24H31N5OS. The number of aryl methyl sites for hydroxylation is 3. The Morgan fingerprint density at radius 1 is 1.13 bits per heavy atom. The number of fused-ring (bicyclic) bond motifs is 1. The number of aromatic nitrogens is 4. The smallest absolute Gasteiger partial charge is 0.253 e. The number of likely N-dealkylation sites (tertiary alicyclic amines) is 1. The van der Waals surface area contributed by atoms with Gasteiger partial charge in [0.15, 0.2) is 0 Å². The van der Waals surface area contributed by atoms with E-state index < -0.39 is 0 Å². The van der Waals surface area contributed by atoms with E-state index in [-0.39, 0.29) is 5.91 Å². The van der Waals surface area contributed by atoms with E-state index in [1.54, 1.807) is 0 Å². The third kappa shape index (κ3) is 4.92. The Labute approximate surface area is 188 Å². The number of benzene rings is 1. The van der Waals surface area contributed by atoms with Crippen LogP contribution < -0.4 is 0 Å². The highest BCUT2D eigenvalue weighted by Gasteiger charge is 2.25. The van der Waals surface area contributed by atoms with Crippen molar-refractivity contribution < 1.29 is 4.79 Å². The second kappa shape index (κ2) is 8.99. The Balaban J connectivity index is 1.50. The molecule has 0 N–H and O–H groups in total. The van der Waals surface area contributed by atoms with Crippen LogP contribution in [0.4, 0.5) is 0 Å². The first-order valence-corrected chi connectivity index (χ1v) is 12.0. The molecule has 1 aromatic carbocycles. The molecule has 1 aliphatic heterocycles. The largest absolute Gasteiger partial charge is 0.341 e. The first-order chi connectivity index (χ1) is 14.8. The molecule has 0 aliphatic carbocycles. The van der Waals surface area contributed by atoms with Gasteiger partial charge >= 0.3 is 0 Å². The van der Waals surface area contributed by atoms with Gasteiger partial charge in [-0.25, -0.2) is 9.50 Å². The molecule has 164 valence electrons. The van der Waals surface area contributed by atoms with E-state index in [2.05, 4.69) is 62.0 Å². The molecule has 6 nitrogen and oxygen atoms in total. The Bertz CT molecular complexity index is 1100. The lowest BCUT2D eigenvalue weighted by Crippen LogP contribution is -2.43. The van der Waals surface area contributed by atoms with Gasteiger partial charge in [0.25, 0.3) is 5.78 Å². The number of carbonyl (C=O) groups is 1. The van der Waals surface area contributed by atoms with Crippen LogP contribution in [-0.4, -0.2) is 49.2 Å². The van der Waals surface area contributed by atoms with Crippen LogP contribution in [-0.2, 0) is 11.2 Å². The van der Waals surface area contributed by atoms with E-state index in [1.165, 1.54) is 34.9 Å². The minimum atomic E-state index is 0.170. The van der Waals surface area contributed by atoms with Gasteiger partial charge < -0.3 is 4.90 Å². The summed E-state index contributed by atoms with van der Waals surface area (Å²) in [5.41, 5.74) is 5.71. The number of nitrogens with zero attached hydrogens (tertiary/aromatic N) is 5. The molecule has 4 rings (SSSR count). The maximum atomic E-state index is 12.7. The van der Waals surface area contributed by atoms with Gasteiger partial charge in [0, 0.05) is 30.9 Å². The lowest BCUT2D eigenvalue weighted by atomic mass is 9.92. The van der Waals surface area contributed by atoms with Gasteiger partial charge in [-0.05, 0) is 50.2 Å². The standard InChI is InChI=1S/C24H31N5OS/c1-15-7-6-8-20(10-15)11-21-18(4)25-23-26-24(27-29(23)19(21)5)31-14-22(30)28-12-16(2)9-17(3)13-28/h6-8,10,16-17H,9,11-14H2,1-5H3. The summed E-state index contributed by atoms with van der Waals surface area (Å²) in [6.45, 7) is 12.3. The van der Waals surface area contributed by atoms with Gasteiger partial charge in [0.2, 0.25) is 11.1 Å². The lowest BCUT2D eigenvalue weighted by Gasteiger charge is -2.34. The van der Waals surface area contributed by atoms with Crippen LogP contribution in [0.15, 0.2) is 29.4 Å². The number of hydrogen-bond acceptors (Lipinski definition) is 5. The maximum Gasteiger partial charge on any atom is 0.253 e. The van der Waals surface area contributed by atoms with Crippen LogP contribution in [0.1, 0.15) is 48.3 Å². The third-order valence-electron chi connectivity index (χ3n) is 6.04. The van der Waals surface area contributed by atoms with Crippen molar-refractivity contribution >= 4 is 23.4 Å². The number of amides is 1. The summed E-state index contributed by atoms with van der Waals surface area (Å²) in [6, 6.07) is 8.55. The summed E-state index contributed by atoms with van der Waals surface area (Å²) in [7, 11) is 0. The van der Waals surface area contributed by atoms with Crippen LogP contribution in [0.2, 0.25) is 0 Å². The van der Waals surface area contributed by atoms with Crippen molar-refractivity contribution in [3.05, 3.63) is 52.3 Å². The minimum absolute atomic E-state index is 0.170. The first kappa shape index (κ1) is 21.8. The van der Waals surface area contributed by atoms with Gasteiger partial charge in [-0.15, -0.1) is 5.10 Å². The molecule has 2 atom stereocenters. The van der Waals surface area contributed by atoms with Crippen molar-refractivity contribution in [1.29, 1.82) is 0 Å². The van der Waals surface area contributed by atoms with Crippen molar-refractivity contribution in [2.75, 3.05) is 18.8 Å². The van der Waals surface area contributed by atoms with Crippen LogP contribution in [0.25, 0.3) is 5.78 Å². The fraction of sp³-hybridized carbons (Fsp3) is 0.500. The second-order valence-corrected chi connectivity index (χ2v) is 10.0. The molecule has 2 unspecified atom stereocenters. The normalized spacial score (nSPS) is 19.2. The monoisotopic (exact) mass is 437 g/mol. The number of hydrogen-bond donors (Lipinski definition) is 0. The average Bonchev–Trinajstić information content (AvgIpc) is 3.11. The van der Waals surface area contributed by atoms with Gasteiger partial charge in [-0.1, -0.05) is 55.4 Å². The molecule has 1 aliphatic rings. The fourth-order valence-electron chi connectivity index (χ4n) is 4.62. The summed E-state index contributed by atoms with van der Waals surface area (Å²) in [5, 5.41) is 5.26. The summed E-state index contributed by atoms with van der Waals surface area (Å²) in [4.78, 5) is 24.0. The Hall–Kier alpha value is -2.41. The molecule has 3 aromatic rings. The van der Waals surface area contributed by atoms with Gasteiger partial charge in [0.1, 0.15) is 0 Å². The van der Waals surface area contributed by atoms with E-state index in [4.69, 9.17) is 4.98 Å². The zero-order chi connectivity index (χ0) is 22.1.